The van der Waals surface area contributed by atoms with Gasteiger partial charge in [-0.05, 0) is 30.4 Å². The minimum atomic E-state index is 0.0774. The molecular formula is C16H21NO2S. The summed E-state index contributed by atoms with van der Waals surface area (Å²) in [7, 11) is 0. The van der Waals surface area contributed by atoms with Crippen molar-refractivity contribution in [1.82, 2.24) is 4.90 Å². The molecule has 4 heteroatoms. The number of hydrogen-bond acceptors (Lipinski definition) is 3. The molecule has 1 aromatic rings. The van der Waals surface area contributed by atoms with E-state index in [9.17, 15) is 4.79 Å². The van der Waals surface area contributed by atoms with Crippen molar-refractivity contribution in [2.45, 2.75) is 26.7 Å². The number of carbonyl (C=O) groups is 1. The maximum absolute atomic E-state index is 12.4. The molecule has 2 heterocycles. The molecule has 0 aromatic carbocycles. The highest BCUT2D eigenvalue weighted by molar-refractivity contribution is 7.14. The first-order valence-corrected chi connectivity index (χ1v) is 7.92. The quantitative estimate of drug-likeness (QED) is 0.851. The van der Waals surface area contributed by atoms with Gasteiger partial charge in [-0.1, -0.05) is 25.7 Å². The molecule has 2 unspecified atom stereocenters. The van der Waals surface area contributed by atoms with Crippen molar-refractivity contribution in [3.05, 3.63) is 21.9 Å². The fourth-order valence-electron chi connectivity index (χ4n) is 2.33. The predicted molar refractivity (Wildman–Crippen MR) is 81.7 cm³/mol. The van der Waals surface area contributed by atoms with Crippen LogP contribution in [0.3, 0.4) is 0 Å². The molecule has 1 aliphatic rings. The van der Waals surface area contributed by atoms with Crippen LogP contribution < -0.4 is 0 Å². The molecular weight excluding hydrogens is 270 g/mol. The van der Waals surface area contributed by atoms with Crippen molar-refractivity contribution in [3.8, 4) is 11.8 Å². The van der Waals surface area contributed by atoms with Crippen LogP contribution in [0.5, 0.6) is 0 Å². The van der Waals surface area contributed by atoms with Gasteiger partial charge in [0.2, 0.25) is 0 Å². The summed E-state index contributed by atoms with van der Waals surface area (Å²) >= 11 is 1.44. The zero-order valence-electron chi connectivity index (χ0n) is 12.1. The fraction of sp³-hybridized carbons (Fsp3) is 0.562. The van der Waals surface area contributed by atoms with Gasteiger partial charge in [0.15, 0.2) is 0 Å². The van der Waals surface area contributed by atoms with Crippen molar-refractivity contribution in [1.29, 1.82) is 0 Å². The van der Waals surface area contributed by atoms with Crippen molar-refractivity contribution in [2.75, 3.05) is 19.7 Å². The van der Waals surface area contributed by atoms with E-state index < -0.39 is 0 Å². The Bertz CT molecular complexity index is 526. The van der Waals surface area contributed by atoms with E-state index in [1.165, 1.54) is 11.3 Å². The highest BCUT2D eigenvalue weighted by Crippen LogP contribution is 2.25. The van der Waals surface area contributed by atoms with Gasteiger partial charge in [-0.15, -0.1) is 11.3 Å². The number of thiophene rings is 1. The largest absolute Gasteiger partial charge is 0.395 e. The maximum atomic E-state index is 12.4. The molecule has 0 spiro atoms. The van der Waals surface area contributed by atoms with Gasteiger partial charge in [-0.2, -0.15) is 0 Å². The molecule has 2 rings (SSSR count). The number of likely N-dealkylation sites (tertiary alicyclic amines) is 1. The number of carbonyl (C=O) groups excluding carboxylic acids is 1. The van der Waals surface area contributed by atoms with Gasteiger partial charge in [0.25, 0.3) is 5.91 Å². The number of hydrogen-bond donors (Lipinski definition) is 1. The molecule has 3 nitrogen and oxygen atoms in total. The molecule has 0 radical (unpaired) electrons. The third-order valence-electron chi connectivity index (χ3n) is 3.89. The smallest absolute Gasteiger partial charge is 0.263 e. The van der Waals surface area contributed by atoms with Gasteiger partial charge in [0.1, 0.15) is 0 Å². The second-order valence-electron chi connectivity index (χ2n) is 5.43. The number of rotatable bonds is 2. The van der Waals surface area contributed by atoms with E-state index in [1.807, 2.05) is 17.0 Å². The molecule has 1 N–H and O–H groups in total. The molecule has 108 valence electrons. The summed E-state index contributed by atoms with van der Waals surface area (Å²) in [6, 6.07) is 3.75. The van der Waals surface area contributed by atoms with Crippen LogP contribution in [0.4, 0.5) is 0 Å². The number of piperidine rings is 1. The molecule has 0 saturated carbocycles. The zero-order chi connectivity index (χ0) is 14.5. The summed E-state index contributed by atoms with van der Waals surface area (Å²) in [6.07, 6.45) is 1.56. The maximum Gasteiger partial charge on any atom is 0.263 e. The minimum absolute atomic E-state index is 0.0774. The Morgan fingerprint density at radius 3 is 2.95 bits per heavy atom. The van der Waals surface area contributed by atoms with Crippen LogP contribution >= 0.6 is 11.3 Å². The fourth-order valence-corrected chi connectivity index (χ4v) is 3.18. The number of aliphatic hydroxyl groups excluding tert-OH is 1. The van der Waals surface area contributed by atoms with E-state index in [2.05, 4.69) is 25.7 Å². The molecule has 2 atom stereocenters. The van der Waals surface area contributed by atoms with E-state index in [1.54, 1.807) is 0 Å². The molecule has 0 aliphatic carbocycles. The van der Waals surface area contributed by atoms with Crippen LogP contribution in [0.25, 0.3) is 0 Å². The van der Waals surface area contributed by atoms with Gasteiger partial charge in [0.05, 0.1) is 16.4 Å². The zero-order valence-corrected chi connectivity index (χ0v) is 12.9. The van der Waals surface area contributed by atoms with E-state index in [4.69, 9.17) is 5.11 Å². The van der Waals surface area contributed by atoms with Crippen LogP contribution in [0.1, 0.15) is 41.2 Å². The van der Waals surface area contributed by atoms with Crippen LogP contribution in [0, 0.1) is 23.7 Å². The average molecular weight is 291 g/mol. The molecule has 1 aliphatic heterocycles. The SMILES string of the molecule is CC1CCN(C(=O)c2ccc(C#CCCO)s2)CC1C. The first-order valence-electron chi connectivity index (χ1n) is 7.10. The van der Waals surface area contributed by atoms with Gasteiger partial charge in [-0.3, -0.25) is 4.79 Å². The van der Waals surface area contributed by atoms with Crippen molar-refractivity contribution in [3.63, 3.8) is 0 Å². The number of amides is 1. The summed E-state index contributed by atoms with van der Waals surface area (Å²) in [5.41, 5.74) is 0. The Balaban J connectivity index is 2.01. The Morgan fingerprint density at radius 2 is 2.25 bits per heavy atom. The summed E-state index contributed by atoms with van der Waals surface area (Å²) in [4.78, 5) is 16.1. The molecule has 20 heavy (non-hydrogen) atoms. The van der Waals surface area contributed by atoms with Gasteiger partial charge in [0, 0.05) is 19.5 Å². The summed E-state index contributed by atoms with van der Waals surface area (Å²) < 4.78 is 0. The van der Waals surface area contributed by atoms with E-state index >= 15 is 0 Å². The molecule has 1 amide bonds. The third-order valence-corrected chi connectivity index (χ3v) is 4.88. The molecule has 1 saturated heterocycles. The second-order valence-corrected chi connectivity index (χ2v) is 6.52. The van der Waals surface area contributed by atoms with Crippen LogP contribution in [-0.4, -0.2) is 35.6 Å². The minimum Gasteiger partial charge on any atom is -0.395 e. The van der Waals surface area contributed by atoms with Crippen LogP contribution in [-0.2, 0) is 0 Å². The van der Waals surface area contributed by atoms with E-state index in [0.29, 0.717) is 18.3 Å². The molecule has 1 aromatic heterocycles. The van der Waals surface area contributed by atoms with Crippen LogP contribution in [0.15, 0.2) is 12.1 Å². The first-order chi connectivity index (χ1) is 9.61. The second kappa shape index (κ2) is 6.92. The molecule has 0 bridgehead atoms. The van der Waals surface area contributed by atoms with Crippen LogP contribution in [0.2, 0.25) is 0 Å². The molecule has 1 fully saturated rings. The first kappa shape index (κ1) is 15.1. The Kier molecular flexibility index (Phi) is 5.22. The lowest BCUT2D eigenvalue weighted by Crippen LogP contribution is -2.41. The number of aliphatic hydroxyl groups is 1. The van der Waals surface area contributed by atoms with Crippen molar-refractivity contribution >= 4 is 17.2 Å². The number of nitrogens with zero attached hydrogens (tertiary/aromatic N) is 1. The Labute approximate surface area is 124 Å². The highest BCUT2D eigenvalue weighted by Gasteiger charge is 2.27. The van der Waals surface area contributed by atoms with Gasteiger partial charge >= 0.3 is 0 Å². The van der Waals surface area contributed by atoms with Crippen molar-refractivity contribution < 1.29 is 9.90 Å². The normalized spacial score (nSPS) is 22.2. The predicted octanol–water partition coefficient (Wildman–Crippen LogP) is 2.60. The van der Waals surface area contributed by atoms with Gasteiger partial charge in [-0.25, -0.2) is 0 Å². The summed E-state index contributed by atoms with van der Waals surface area (Å²) in [5.74, 6) is 7.25. The average Bonchev–Trinajstić information content (AvgIpc) is 2.90. The highest BCUT2D eigenvalue weighted by atomic mass is 32.1. The Hall–Kier alpha value is -1.31. The topological polar surface area (TPSA) is 40.5 Å². The van der Waals surface area contributed by atoms with E-state index in [0.717, 1.165) is 29.3 Å². The Morgan fingerprint density at radius 1 is 1.45 bits per heavy atom. The van der Waals surface area contributed by atoms with Crippen molar-refractivity contribution in [2.24, 2.45) is 11.8 Å². The van der Waals surface area contributed by atoms with Gasteiger partial charge < -0.3 is 10.0 Å². The lowest BCUT2D eigenvalue weighted by atomic mass is 9.88. The monoisotopic (exact) mass is 291 g/mol. The standard InChI is InChI=1S/C16H21NO2S/c1-12-8-9-17(11-13(12)2)16(19)15-7-6-14(20-15)5-3-4-10-18/h6-7,12-13,18H,4,8-11H2,1-2H3. The lowest BCUT2D eigenvalue weighted by Gasteiger charge is -2.35. The third kappa shape index (κ3) is 3.62. The summed E-state index contributed by atoms with van der Waals surface area (Å²) in [6.45, 7) is 6.25. The lowest BCUT2D eigenvalue weighted by molar-refractivity contribution is 0.0632. The summed E-state index contributed by atoms with van der Waals surface area (Å²) in [5, 5.41) is 8.69. The van der Waals surface area contributed by atoms with E-state index in [-0.39, 0.29) is 12.5 Å².